The second kappa shape index (κ2) is 6.14. The van der Waals surface area contributed by atoms with E-state index in [1.807, 2.05) is 0 Å². The first-order valence-corrected chi connectivity index (χ1v) is 6.26. The van der Waals surface area contributed by atoms with Crippen LogP contribution in [0.4, 0.5) is 0 Å². The molecule has 4 heteroatoms. The monoisotopic (exact) mass is 285 g/mol. The SMILES string of the molecule is COc1cc(/C=C(\C#N)c2ccc(Cl)cc2)ccc1O. The third-order valence-electron chi connectivity index (χ3n) is 2.79. The van der Waals surface area contributed by atoms with Crippen LogP contribution in [-0.2, 0) is 0 Å². The molecule has 0 aliphatic carbocycles. The van der Waals surface area contributed by atoms with Gasteiger partial charge < -0.3 is 9.84 Å². The number of benzene rings is 2. The summed E-state index contributed by atoms with van der Waals surface area (Å²) in [7, 11) is 1.48. The van der Waals surface area contributed by atoms with Crippen molar-refractivity contribution in [2.75, 3.05) is 7.11 Å². The van der Waals surface area contributed by atoms with Crippen molar-refractivity contribution in [1.29, 1.82) is 5.26 Å². The van der Waals surface area contributed by atoms with Crippen LogP contribution in [0.5, 0.6) is 11.5 Å². The second-order valence-electron chi connectivity index (χ2n) is 4.11. The Kier molecular flexibility index (Phi) is 4.29. The van der Waals surface area contributed by atoms with E-state index in [4.69, 9.17) is 16.3 Å². The van der Waals surface area contributed by atoms with E-state index >= 15 is 0 Å². The highest BCUT2D eigenvalue weighted by atomic mass is 35.5. The van der Waals surface area contributed by atoms with E-state index in [1.54, 1.807) is 42.5 Å². The molecule has 0 saturated heterocycles. The van der Waals surface area contributed by atoms with E-state index in [0.717, 1.165) is 11.1 Å². The van der Waals surface area contributed by atoms with Crippen LogP contribution >= 0.6 is 11.6 Å². The summed E-state index contributed by atoms with van der Waals surface area (Å²) in [4.78, 5) is 0. The van der Waals surface area contributed by atoms with Crippen molar-refractivity contribution < 1.29 is 9.84 Å². The predicted octanol–water partition coefficient (Wildman–Crippen LogP) is 4.12. The van der Waals surface area contributed by atoms with Gasteiger partial charge in [0.05, 0.1) is 18.8 Å². The van der Waals surface area contributed by atoms with Crippen LogP contribution in [0.3, 0.4) is 0 Å². The summed E-state index contributed by atoms with van der Waals surface area (Å²) < 4.78 is 5.04. The summed E-state index contributed by atoms with van der Waals surface area (Å²) in [6.07, 6.45) is 1.73. The van der Waals surface area contributed by atoms with Crippen molar-refractivity contribution in [1.82, 2.24) is 0 Å². The highest BCUT2D eigenvalue weighted by Gasteiger charge is 2.04. The summed E-state index contributed by atoms with van der Waals surface area (Å²) in [5.74, 6) is 0.432. The van der Waals surface area contributed by atoms with Gasteiger partial charge >= 0.3 is 0 Å². The summed E-state index contributed by atoms with van der Waals surface area (Å²) in [6, 6.07) is 14.1. The number of aromatic hydroxyl groups is 1. The maximum atomic E-state index is 9.55. The Hall–Kier alpha value is -2.44. The van der Waals surface area contributed by atoms with Gasteiger partial charge in [-0.05, 0) is 41.5 Å². The third-order valence-corrected chi connectivity index (χ3v) is 3.04. The average Bonchev–Trinajstić information content (AvgIpc) is 2.47. The van der Waals surface area contributed by atoms with Crippen LogP contribution in [0.1, 0.15) is 11.1 Å². The first-order valence-electron chi connectivity index (χ1n) is 5.89. The predicted molar refractivity (Wildman–Crippen MR) is 79.6 cm³/mol. The van der Waals surface area contributed by atoms with Gasteiger partial charge in [-0.1, -0.05) is 29.8 Å². The molecule has 0 heterocycles. The molecular formula is C16H12ClNO2. The zero-order valence-electron chi connectivity index (χ0n) is 10.8. The molecule has 0 fully saturated rings. The fourth-order valence-corrected chi connectivity index (χ4v) is 1.89. The fraction of sp³-hybridized carbons (Fsp3) is 0.0625. The molecule has 0 unspecified atom stereocenters. The summed E-state index contributed by atoms with van der Waals surface area (Å²) in [5.41, 5.74) is 2.06. The van der Waals surface area contributed by atoms with Crippen molar-refractivity contribution in [2.24, 2.45) is 0 Å². The molecule has 20 heavy (non-hydrogen) atoms. The van der Waals surface area contributed by atoms with Gasteiger partial charge in [-0.3, -0.25) is 0 Å². The number of ether oxygens (including phenoxy) is 1. The standard InChI is InChI=1S/C16H12ClNO2/c1-20-16-9-11(2-7-15(16)19)8-13(10-18)12-3-5-14(17)6-4-12/h2-9,19H,1H3/b13-8+. The van der Waals surface area contributed by atoms with Gasteiger partial charge in [-0.2, -0.15) is 5.26 Å². The molecule has 0 saturated carbocycles. The maximum absolute atomic E-state index is 9.55. The summed E-state index contributed by atoms with van der Waals surface area (Å²) >= 11 is 5.83. The molecule has 0 amide bonds. The Morgan fingerprint density at radius 1 is 1.25 bits per heavy atom. The lowest BCUT2D eigenvalue weighted by molar-refractivity contribution is 0.373. The third kappa shape index (κ3) is 3.11. The number of hydrogen-bond donors (Lipinski definition) is 1. The highest BCUT2D eigenvalue weighted by molar-refractivity contribution is 6.30. The molecule has 0 aliphatic rings. The van der Waals surface area contributed by atoms with Gasteiger partial charge in [-0.25, -0.2) is 0 Å². The highest BCUT2D eigenvalue weighted by Crippen LogP contribution is 2.28. The molecule has 0 radical (unpaired) electrons. The van der Waals surface area contributed by atoms with Crippen LogP contribution < -0.4 is 4.74 Å². The Morgan fingerprint density at radius 2 is 1.95 bits per heavy atom. The lowest BCUT2D eigenvalue weighted by Crippen LogP contribution is -1.86. The number of phenolic OH excluding ortho intramolecular Hbond substituents is 1. The minimum Gasteiger partial charge on any atom is -0.504 e. The number of rotatable bonds is 3. The number of hydrogen-bond acceptors (Lipinski definition) is 3. The molecule has 100 valence electrons. The minimum absolute atomic E-state index is 0.0645. The van der Waals surface area contributed by atoms with E-state index in [0.29, 0.717) is 16.3 Å². The first kappa shape index (κ1) is 14.0. The molecule has 2 aromatic carbocycles. The smallest absolute Gasteiger partial charge is 0.161 e. The van der Waals surface area contributed by atoms with Crippen molar-refractivity contribution in [3.63, 3.8) is 0 Å². The van der Waals surface area contributed by atoms with E-state index in [-0.39, 0.29) is 5.75 Å². The second-order valence-corrected chi connectivity index (χ2v) is 4.54. The number of nitriles is 1. The van der Waals surface area contributed by atoms with E-state index in [9.17, 15) is 10.4 Å². The maximum Gasteiger partial charge on any atom is 0.161 e. The Bertz CT molecular complexity index is 685. The largest absolute Gasteiger partial charge is 0.504 e. The van der Waals surface area contributed by atoms with E-state index < -0.39 is 0 Å². The molecule has 3 nitrogen and oxygen atoms in total. The van der Waals surface area contributed by atoms with E-state index in [2.05, 4.69) is 6.07 Å². The van der Waals surface area contributed by atoms with Crippen LogP contribution in [-0.4, -0.2) is 12.2 Å². The van der Waals surface area contributed by atoms with Crippen LogP contribution in [0.15, 0.2) is 42.5 Å². The molecule has 1 N–H and O–H groups in total. The quantitative estimate of drug-likeness (QED) is 0.682. The molecule has 0 bridgehead atoms. The molecule has 0 spiro atoms. The van der Waals surface area contributed by atoms with Crippen molar-refractivity contribution in [3.8, 4) is 17.6 Å². The van der Waals surface area contributed by atoms with E-state index in [1.165, 1.54) is 13.2 Å². The number of allylic oxidation sites excluding steroid dienone is 1. The fourth-order valence-electron chi connectivity index (χ4n) is 1.76. The summed E-state index contributed by atoms with van der Waals surface area (Å²) in [5, 5.41) is 19.4. The lowest BCUT2D eigenvalue weighted by atomic mass is 10.0. The van der Waals surface area contributed by atoms with Gasteiger partial charge in [0, 0.05) is 5.02 Å². The van der Waals surface area contributed by atoms with Crippen LogP contribution in [0.2, 0.25) is 5.02 Å². The lowest BCUT2D eigenvalue weighted by Gasteiger charge is -2.05. The van der Waals surface area contributed by atoms with Gasteiger partial charge in [0.15, 0.2) is 11.5 Å². The molecule has 2 aromatic rings. The molecule has 0 aromatic heterocycles. The van der Waals surface area contributed by atoms with Crippen LogP contribution in [0, 0.1) is 11.3 Å². The van der Waals surface area contributed by atoms with Crippen molar-refractivity contribution in [2.45, 2.75) is 0 Å². The average molecular weight is 286 g/mol. The van der Waals surface area contributed by atoms with Gasteiger partial charge in [0.25, 0.3) is 0 Å². The normalized spacial score (nSPS) is 10.9. The molecule has 2 rings (SSSR count). The van der Waals surface area contributed by atoms with Gasteiger partial charge in [-0.15, -0.1) is 0 Å². The van der Waals surface area contributed by atoms with Gasteiger partial charge in [0.1, 0.15) is 0 Å². The Morgan fingerprint density at radius 3 is 2.55 bits per heavy atom. The zero-order chi connectivity index (χ0) is 14.5. The van der Waals surface area contributed by atoms with Crippen molar-refractivity contribution >= 4 is 23.3 Å². The Balaban J connectivity index is 2.41. The topological polar surface area (TPSA) is 53.2 Å². The number of halogens is 1. The van der Waals surface area contributed by atoms with Crippen LogP contribution in [0.25, 0.3) is 11.6 Å². The number of nitrogens with zero attached hydrogens (tertiary/aromatic N) is 1. The number of phenols is 1. The number of methoxy groups -OCH3 is 1. The summed E-state index contributed by atoms with van der Waals surface area (Å²) in [6.45, 7) is 0. The minimum atomic E-state index is 0.0645. The molecule has 0 aliphatic heterocycles. The zero-order valence-corrected chi connectivity index (χ0v) is 11.6. The Labute approximate surface area is 122 Å². The first-order chi connectivity index (χ1) is 9.63. The van der Waals surface area contributed by atoms with Gasteiger partial charge in [0.2, 0.25) is 0 Å². The molecular weight excluding hydrogens is 274 g/mol. The van der Waals surface area contributed by atoms with Crippen molar-refractivity contribution in [3.05, 3.63) is 58.6 Å². The molecule has 0 atom stereocenters.